The number of nitrogens with zero attached hydrogens (tertiary/aromatic N) is 5. The number of carbonyl (C=O) groups is 1. The summed E-state index contributed by atoms with van der Waals surface area (Å²) in [5, 5.41) is 4.68. The van der Waals surface area contributed by atoms with Gasteiger partial charge in [-0.3, -0.25) is 4.79 Å². The average Bonchev–Trinajstić information content (AvgIpc) is 3.13. The van der Waals surface area contributed by atoms with Crippen LogP contribution in [0.3, 0.4) is 0 Å². The largest absolute Gasteiger partial charge is 0.339 e. The molecule has 3 aromatic rings. The van der Waals surface area contributed by atoms with E-state index in [1.165, 1.54) is 16.8 Å². The van der Waals surface area contributed by atoms with E-state index >= 15 is 0 Å². The number of hydrogen-bond acceptors (Lipinski definition) is 4. The molecule has 3 heterocycles. The summed E-state index contributed by atoms with van der Waals surface area (Å²) in [6.45, 7) is 17.7. The summed E-state index contributed by atoms with van der Waals surface area (Å²) < 4.78 is 2.00. The molecule has 6 nitrogen and oxygen atoms in total. The predicted molar refractivity (Wildman–Crippen MR) is 139 cm³/mol. The summed E-state index contributed by atoms with van der Waals surface area (Å²) in [6, 6.07) is 8.68. The van der Waals surface area contributed by atoms with Gasteiger partial charge in [0.15, 0.2) is 5.65 Å². The molecule has 1 aliphatic heterocycles. The Labute approximate surface area is 204 Å². The van der Waals surface area contributed by atoms with Crippen LogP contribution in [0.5, 0.6) is 0 Å². The molecular weight excluding hydrogens is 422 g/mol. The van der Waals surface area contributed by atoms with Crippen molar-refractivity contribution in [2.45, 2.75) is 74.3 Å². The number of aryl methyl sites for hydroxylation is 3. The highest BCUT2D eigenvalue weighted by Gasteiger charge is 2.37. The molecule has 2 aromatic heterocycles. The topological polar surface area (TPSA) is 53.7 Å². The SMILES string of the molecule is Cc1cc2ncc3c(n2n1)CCCN3c1ccc([C@H](N(C)C(=O)C(C)(C)C)C(C)(C)C)c(C)c1. The molecule has 0 aliphatic carbocycles. The Balaban J connectivity index is 1.74. The molecule has 1 aliphatic rings. The van der Waals surface area contributed by atoms with Gasteiger partial charge in [0.05, 0.1) is 29.3 Å². The van der Waals surface area contributed by atoms with Gasteiger partial charge in [-0.2, -0.15) is 5.10 Å². The second-order valence-electron chi connectivity index (χ2n) is 11.9. The third kappa shape index (κ3) is 4.30. The fraction of sp³-hybridized carbons (Fsp3) is 0.536. The third-order valence-electron chi connectivity index (χ3n) is 6.80. The maximum Gasteiger partial charge on any atom is 0.228 e. The number of amides is 1. The molecular formula is C28H39N5O. The van der Waals surface area contributed by atoms with Crippen LogP contribution in [0, 0.1) is 24.7 Å². The van der Waals surface area contributed by atoms with E-state index in [2.05, 4.69) is 60.9 Å². The first kappa shape index (κ1) is 24.2. The lowest BCUT2D eigenvalue weighted by Gasteiger charge is -2.42. The zero-order valence-corrected chi connectivity index (χ0v) is 22.2. The van der Waals surface area contributed by atoms with Crippen molar-refractivity contribution in [3.63, 3.8) is 0 Å². The molecule has 0 saturated heterocycles. The predicted octanol–water partition coefficient (Wildman–Crippen LogP) is 6.02. The molecule has 1 amide bonds. The van der Waals surface area contributed by atoms with Crippen molar-refractivity contribution in [3.8, 4) is 0 Å². The summed E-state index contributed by atoms with van der Waals surface area (Å²) in [5.74, 6) is 0.158. The van der Waals surface area contributed by atoms with E-state index in [1.54, 1.807) is 0 Å². The van der Waals surface area contributed by atoms with Crippen molar-refractivity contribution >= 4 is 22.9 Å². The fourth-order valence-electron chi connectivity index (χ4n) is 5.38. The van der Waals surface area contributed by atoms with E-state index in [0.717, 1.165) is 42.1 Å². The maximum absolute atomic E-state index is 13.2. The van der Waals surface area contributed by atoms with Gasteiger partial charge in [-0.1, -0.05) is 47.6 Å². The zero-order chi connectivity index (χ0) is 25.0. The Bertz CT molecular complexity index is 1230. The first-order valence-electron chi connectivity index (χ1n) is 12.3. The minimum absolute atomic E-state index is 0.0183. The van der Waals surface area contributed by atoms with Gasteiger partial charge in [0.25, 0.3) is 0 Å². The Hall–Kier alpha value is -2.89. The molecule has 1 atom stereocenters. The van der Waals surface area contributed by atoms with Gasteiger partial charge < -0.3 is 9.80 Å². The monoisotopic (exact) mass is 461 g/mol. The van der Waals surface area contributed by atoms with E-state index in [-0.39, 0.29) is 17.4 Å². The Kier molecular flexibility index (Phi) is 5.99. The molecule has 0 spiro atoms. The Morgan fingerprint density at radius 3 is 2.41 bits per heavy atom. The van der Waals surface area contributed by atoms with E-state index in [9.17, 15) is 4.79 Å². The second-order valence-corrected chi connectivity index (χ2v) is 11.9. The number of benzene rings is 1. The first-order chi connectivity index (χ1) is 15.8. The van der Waals surface area contributed by atoms with Crippen LogP contribution in [-0.2, 0) is 11.2 Å². The van der Waals surface area contributed by atoms with Crippen molar-refractivity contribution in [2.75, 3.05) is 18.5 Å². The molecule has 34 heavy (non-hydrogen) atoms. The molecule has 0 bridgehead atoms. The number of carbonyl (C=O) groups excluding carboxylic acids is 1. The van der Waals surface area contributed by atoms with Crippen LogP contribution >= 0.6 is 0 Å². The van der Waals surface area contributed by atoms with Gasteiger partial charge in [-0.05, 0) is 55.4 Å². The molecule has 4 rings (SSSR count). The average molecular weight is 462 g/mol. The number of rotatable bonds is 3. The lowest BCUT2D eigenvalue weighted by molar-refractivity contribution is -0.142. The van der Waals surface area contributed by atoms with Crippen LogP contribution < -0.4 is 4.90 Å². The number of anilines is 2. The highest BCUT2D eigenvalue weighted by molar-refractivity contribution is 5.82. The smallest absolute Gasteiger partial charge is 0.228 e. The Morgan fingerprint density at radius 2 is 1.79 bits per heavy atom. The quantitative estimate of drug-likeness (QED) is 0.478. The van der Waals surface area contributed by atoms with E-state index in [4.69, 9.17) is 0 Å². The molecule has 0 N–H and O–H groups in total. The van der Waals surface area contributed by atoms with Crippen molar-refractivity contribution in [1.82, 2.24) is 19.5 Å². The summed E-state index contributed by atoms with van der Waals surface area (Å²) in [4.78, 5) is 22.2. The zero-order valence-electron chi connectivity index (χ0n) is 22.2. The van der Waals surface area contributed by atoms with Gasteiger partial charge in [0.2, 0.25) is 5.91 Å². The molecule has 6 heteroatoms. The van der Waals surface area contributed by atoms with Gasteiger partial charge >= 0.3 is 0 Å². The van der Waals surface area contributed by atoms with Gasteiger partial charge in [-0.15, -0.1) is 0 Å². The van der Waals surface area contributed by atoms with E-state index in [0.29, 0.717) is 0 Å². The molecule has 0 radical (unpaired) electrons. The molecule has 0 unspecified atom stereocenters. The third-order valence-corrected chi connectivity index (χ3v) is 6.80. The van der Waals surface area contributed by atoms with E-state index in [1.807, 2.05) is 56.4 Å². The Morgan fingerprint density at radius 1 is 1.09 bits per heavy atom. The summed E-state index contributed by atoms with van der Waals surface area (Å²) in [7, 11) is 1.95. The van der Waals surface area contributed by atoms with Gasteiger partial charge in [-0.25, -0.2) is 9.50 Å². The minimum atomic E-state index is -0.424. The molecule has 0 saturated carbocycles. The molecule has 182 valence electrons. The fourth-order valence-corrected chi connectivity index (χ4v) is 5.38. The van der Waals surface area contributed by atoms with Gasteiger partial charge in [0.1, 0.15) is 0 Å². The van der Waals surface area contributed by atoms with Crippen molar-refractivity contribution in [2.24, 2.45) is 10.8 Å². The molecule has 1 aromatic carbocycles. The van der Waals surface area contributed by atoms with Gasteiger partial charge in [0, 0.05) is 30.8 Å². The number of fused-ring (bicyclic) bond motifs is 3. The van der Waals surface area contributed by atoms with Crippen molar-refractivity contribution < 1.29 is 4.79 Å². The minimum Gasteiger partial charge on any atom is -0.339 e. The first-order valence-corrected chi connectivity index (χ1v) is 12.3. The van der Waals surface area contributed by atoms with Crippen LogP contribution in [0.4, 0.5) is 11.4 Å². The number of aromatic nitrogens is 3. The standard InChI is InChI=1S/C28H39N5O/c1-18-15-20(12-13-21(18)25(27(3,4)5)31(9)26(34)28(6,7)8)32-14-10-11-22-23(32)17-29-24-16-19(2)30-33(22)24/h12-13,15-17,25H,10-11,14H2,1-9H3/t25-/m0/s1. The van der Waals surface area contributed by atoms with Crippen molar-refractivity contribution in [1.29, 1.82) is 0 Å². The summed E-state index contributed by atoms with van der Waals surface area (Å²) in [5.41, 5.74) is 7.26. The van der Waals surface area contributed by atoms with Crippen molar-refractivity contribution in [3.05, 3.63) is 53.0 Å². The second kappa shape index (κ2) is 8.40. The van der Waals surface area contributed by atoms with Crippen LogP contribution in [0.1, 0.15) is 76.5 Å². The summed E-state index contributed by atoms with van der Waals surface area (Å²) >= 11 is 0. The lowest BCUT2D eigenvalue weighted by atomic mass is 9.78. The highest BCUT2D eigenvalue weighted by Crippen LogP contribution is 2.42. The lowest BCUT2D eigenvalue weighted by Crippen LogP contribution is -2.43. The van der Waals surface area contributed by atoms with E-state index < -0.39 is 5.41 Å². The van der Waals surface area contributed by atoms with Crippen LogP contribution in [0.15, 0.2) is 30.5 Å². The van der Waals surface area contributed by atoms with Crippen LogP contribution in [0.2, 0.25) is 0 Å². The van der Waals surface area contributed by atoms with Crippen LogP contribution in [-0.4, -0.2) is 39.0 Å². The highest BCUT2D eigenvalue weighted by atomic mass is 16.2. The van der Waals surface area contributed by atoms with Crippen LogP contribution in [0.25, 0.3) is 5.65 Å². The normalized spacial score (nSPS) is 15.4. The maximum atomic E-state index is 13.2. The number of hydrogen-bond donors (Lipinski definition) is 0. The molecule has 0 fully saturated rings. The summed E-state index contributed by atoms with van der Waals surface area (Å²) in [6.07, 6.45) is 4.05.